The van der Waals surface area contributed by atoms with Crippen molar-refractivity contribution in [2.45, 2.75) is 57.4 Å². The molecule has 30 heavy (non-hydrogen) atoms. The van der Waals surface area contributed by atoms with Crippen LogP contribution in [0.1, 0.15) is 48.4 Å². The molecular weight excluding hydrogens is 394 g/mol. The molecule has 1 aliphatic heterocycles. The molecule has 0 spiro atoms. The van der Waals surface area contributed by atoms with Crippen molar-refractivity contribution in [2.75, 3.05) is 25.0 Å². The molecule has 1 fully saturated rings. The van der Waals surface area contributed by atoms with E-state index >= 15 is 0 Å². The van der Waals surface area contributed by atoms with Crippen LogP contribution in [0.5, 0.6) is 0 Å². The molecule has 3 aliphatic rings. The molecule has 3 heterocycles. The minimum absolute atomic E-state index is 0.00407. The van der Waals surface area contributed by atoms with Gasteiger partial charge in [-0.05, 0) is 68.4 Å². The molecule has 2 aromatic heterocycles. The second kappa shape index (κ2) is 8.38. The van der Waals surface area contributed by atoms with Crippen molar-refractivity contribution in [2.24, 2.45) is 0 Å². The number of aromatic nitrogens is 2. The fourth-order valence-corrected chi connectivity index (χ4v) is 5.67. The van der Waals surface area contributed by atoms with Crippen molar-refractivity contribution in [3.05, 3.63) is 40.2 Å². The van der Waals surface area contributed by atoms with Crippen LogP contribution in [0.4, 0.5) is 5.82 Å². The fraction of sp³-hybridized carbons (Fsp3) is 0.522. The standard InChI is InChI=1S/C23H29N5OS/c1-28(16-8-9-16)22-21-17-6-2-3-7-18(17)30-23(21)27-19(26-22)13-20(29)25-12-10-15-5-4-11-24-14-15/h4-5,11,16,24H,2-3,6-10,12-14H2,1H3,(H,25,29). The maximum Gasteiger partial charge on any atom is 0.227 e. The Morgan fingerprint density at radius 2 is 2.17 bits per heavy atom. The summed E-state index contributed by atoms with van der Waals surface area (Å²) in [7, 11) is 2.15. The second-order valence-electron chi connectivity index (χ2n) is 8.54. The quantitative estimate of drug-likeness (QED) is 0.715. The summed E-state index contributed by atoms with van der Waals surface area (Å²) in [5.41, 5.74) is 2.76. The van der Waals surface area contributed by atoms with Crippen molar-refractivity contribution in [1.82, 2.24) is 20.6 Å². The molecule has 6 nitrogen and oxygen atoms in total. The third-order valence-corrected chi connectivity index (χ3v) is 7.42. The highest BCUT2D eigenvalue weighted by atomic mass is 32.1. The Morgan fingerprint density at radius 1 is 1.30 bits per heavy atom. The van der Waals surface area contributed by atoms with E-state index in [2.05, 4.69) is 28.7 Å². The first-order chi connectivity index (χ1) is 14.7. The van der Waals surface area contributed by atoms with Gasteiger partial charge in [-0.1, -0.05) is 6.08 Å². The van der Waals surface area contributed by atoms with E-state index < -0.39 is 0 Å². The van der Waals surface area contributed by atoms with E-state index in [0.717, 1.165) is 36.5 Å². The molecule has 0 radical (unpaired) electrons. The first-order valence-electron chi connectivity index (χ1n) is 11.1. The van der Waals surface area contributed by atoms with Crippen LogP contribution in [0.25, 0.3) is 10.2 Å². The number of hydrogen-bond donors (Lipinski definition) is 2. The maximum atomic E-state index is 12.6. The minimum Gasteiger partial charge on any atom is -0.387 e. The number of carbonyl (C=O) groups is 1. The first-order valence-corrected chi connectivity index (χ1v) is 11.9. The van der Waals surface area contributed by atoms with Gasteiger partial charge < -0.3 is 15.5 Å². The van der Waals surface area contributed by atoms with Gasteiger partial charge in [-0.2, -0.15) is 0 Å². The van der Waals surface area contributed by atoms with Crippen molar-refractivity contribution in [3.8, 4) is 0 Å². The van der Waals surface area contributed by atoms with Crippen molar-refractivity contribution < 1.29 is 4.79 Å². The van der Waals surface area contributed by atoms with Gasteiger partial charge in [-0.15, -0.1) is 11.3 Å². The normalized spacial score (nSPS) is 18.0. The predicted molar refractivity (Wildman–Crippen MR) is 122 cm³/mol. The molecule has 0 saturated heterocycles. The third-order valence-electron chi connectivity index (χ3n) is 6.23. The Kier molecular flexibility index (Phi) is 5.46. The van der Waals surface area contributed by atoms with Crippen molar-refractivity contribution in [1.29, 1.82) is 0 Å². The van der Waals surface area contributed by atoms with Crippen molar-refractivity contribution >= 4 is 33.3 Å². The molecule has 0 aromatic carbocycles. The number of fused-ring (bicyclic) bond motifs is 3. The van der Waals surface area contributed by atoms with Gasteiger partial charge in [0.05, 0.1) is 11.8 Å². The number of amides is 1. The summed E-state index contributed by atoms with van der Waals surface area (Å²) in [6, 6.07) is 0.579. The van der Waals surface area contributed by atoms with E-state index in [1.807, 2.05) is 23.6 Å². The zero-order valence-corrected chi connectivity index (χ0v) is 18.4. The Balaban J connectivity index is 1.34. The summed E-state index contributed by atoms with van der Waals surface area (Å²) in [5, 5.41) is 7.48. The number of dihydropyridines is 1. The van der Waals surface area contributed by atoms with Crippen LogP contribution >= 0.6 is 11.3 Å². The molecule has 2 N–H and O–H groups in total. The first kappa shape index (κ1) is 19.5. The lowest BCUT2D eigenvalue weighted by Gasteiger charge is -2.20. The predicted octanol–water partition coefficient (Wildman–Crippen LogP) is 3.26. The second-order valence-corrected chi connectivity index (χ2v) is 9.62. The topological polar surface area (TPSA) is 70.2 Å². The van der Waals surface area contributed by atoms with Gasteiger partial charge in [-0.25, -0.2) is 9.97 Å². The lowest BCUT2D eigenvalue weighted by molar-refractivity contribution is -0.120. The lowest BCUT2D eigenvalue weighted by Crippen LogP contribution is -2.28. The number of thiophene rings is 1. The Morgan fingerprint density at radius 3 is 2.97 bits per heavy atom. The van der Waals surface area contributed by atoms with Gasteiger partial charge in [0.15, 0.2) is 0 Å². The van der Waals surface area contributed by atoms with Gasteiger partial charge in [-0.3, -0.25) is 4.79 Å². The molecule has 2 aromatic rings. The Hall–Kier alpha value is -2.41. The summed E-state index contributed by atoms with van der Waals surface area (Å²) in [4.78, 5) is 27.2. The van der Waals surface area contributed by atoms with Gasteiger partial charge in [0.1, 0.15) is 16.5 Å². The largest absolute Gasteiger partial charge is 0.387 e. The van der Waals surface area contributed by atoms with Crippen LogP contribution < -0.4 is 15.5 Å². The molecule has 0 atom stereocenters. The monoisotopic (exact) mass is 423 g/mol. The molecule has 1 amide bonds. The number of hydrogen-bond acceptors (Lipinski definition) is 6. The van der Waals surface area contributed by atoms with Gasteiger partial charge in [0, 0.05) is 31.1 Å². The number of aryl methyl sites for hydroxylation is 2. The van der Waals surface area contributed by atoms with E-state index in [0.29, 0.717) is 18.4 Å². The SMILES string of the molecule is CN(c1nc(CC(=O)NCCC2=CC=CNC2)nc2sc3c(c12)CCCC3)C1CC1. The molecule has 158 valence electrons. The number of rotatable bonds is 7. The highest BCUT2D eigenvalue weighted by Gasteiger charge is 2.31. The van der Waals surface area contributed by atoms with Crippen LogP contribution in [-0.4, -0.2) is 42.1 Å². The smallest absolute Gasteiger partial charge is 0.227 e. The summed E-state index contributed by atoms with van der Waals surface area (Å²) < 4.78 is 0. The summed E-state index contributed by atoms with van der Waals surface area (Å²) in [5.74, 6) is 1.67. The van der Waals surface area contributed by atoms with Gasteiger partial charge in [0.2, 0.25) is 5.91 Å². The van der Waals surface area contributed by atoms with E-state index in [9.17, 15) is 4.79 Å². The highest BCUT2D eigenvalue weighted by Crippen LogP contribution is 2.41. The van der Waals surface area contributed by atoms with Crippen LogP contribution in [0.2, 0.25) is 0 Å². The van der Waals surface area contributed by atoms with E-state index in [1.54, 1.807) is 0 Å². The van der Waals surface area contributed by atoms with E-state index in [4.69, 9.17) is 9.97 Å². The zero-order valence-electron chi connectivity index (χ0n) is 17.5. The number of carbonyl (C=O) groups excluding carboxylic acids is 1. The van der Waals surface area contributed by atoms with Crippen LogP contribution in [0.3, 0.4) is 0 Å². The van der Waals surface area contributed by atoms with Crippen molar-refractivity contribution in [3.63, 3.8) is 0 Å². The summed E-state index contributed by atoms with van der Waals surface area (Å²) in [6.45, 7) is 1.50. The number of nitrogens with one attached hydrogen (secondary N) is 2. The molecule has 2 aliphatic carbocycles. The fourth-order valence-electron chi connectivity index (χ4n) is 4.39. The lowest BCUT2D eigenvalue weighted by atomic mass is 9.97. The summed E-state index contributed by atoms with van der Waals surface area (Å²) in [6.07, 6.45) is 14.4. The Labute approximate surface area is 181 Å². The molecule has 0 bridgehead atoms. The Bertz CT molecular complexity index is 1020. The average molecular weight is 424 g/mol. The van der Waals surface area contributed by atoms with Gasteiger partial charge >= 0.3 is 0 Å². The number of allylic oxidation sites excluding steroid dienone is 2. The average Bonchev–Trinajstić information content (AvgIpc) is 3.54. The highest BCUT2D eigenvalue weighted by molar-refractivity contribution is 7.19. The summed E-state index contributed by atoms with van der Waals surface area (Å²) >= 11 is 1.81. The van der Waals surface area contributed by atoms with Gasteiger partial charge in [0.25, 0.3) is 0 Å². The third kappa shape index (κ3) is 4.08. The van der Waals surface area contributed by atoms with Crippen LogP contribution in [0, 0.1) is 0 Å². The number of anilines is 1. The van der Waals surface area contributed by atoms with Crippen LogP contribution in [-0.2, 0) is 24.1 Å². The maximum absolute atomic E-state index is 12.6. The van der Waals surface area contributed by atoms with E-state index in [1.165, 1.54) is 47.1 Å². The molecule has 1 saturated carbocycles. The molecular formula is C23H29N5OS. The zero-order chi connectivity index (χ0) is 20.5. The minimum atomic E-state index is -0.00407. The number of nitrogens with zero attached hydrogens (tertiary/aromatic N) is 3. The molecule has 7 heteroatoms. The van der Waals surface area contributed by atoms with E-state index in [-0.39, 0.29) is 12.3 Å². The molecule has 0 unspecified atom stereocenters. The van der Waals surface area contributed by atoms with Crippen LogP contribution in [0.15, 0.2) is 23.9 Å². The molecule has 5 rings (SSSR count).